The molecule has 226 valence electrons. The smallest absolute Gasteiger partial charge is 0.0633 e. The predicted octanol–water partition coefficient (Wildman–Crippen LogP) is 12.0. The lowest BCUT2D eigenvalue weighted by Crippen LogP contribution is -2.26. The molecule has 2 heteroatoms. The van der Waals surface area contributed by atoms with E-state index in [9.17, 15) is 0 Å². The molecule has 2 nitrogen and oxygen atoms in total. The van der Waals surface area contributed by atoms with Crippen LogP contribution in [0.2, 0.25) is 0 Å². The fourth-order valence-corrected chi connectivity index (χ4v) is 8.22. The summed E-state index contributed by atoms with van der Waals surface area (Å²) in [5, 5.41) is 2.58. The van der Waals surface area contributed by atoms with E-state index in [4.69, 9.17) is 0 Å². The first-order chi connectivity index (χ1) is 23.8. The molecule has 0 fully saturated rings. The molecule has 0 spiro atoms. The van der Waals surface area contributed by atoms with Crippen molar-refractivity contribution in [2.75, 3.05) is 4.90 Å². The first kappa shape index (κ1) is 27.0. The summed E-state index contributed by atoms with van der Waals surface area (Å²) >= 11 is 0. The lowest BCUT2D eigenvalue weighted by molar-refractivity contribution is 0.755. The summed E-state index contributed by atoms with van der Waals surface area (Å²) < 4.78 is 2.44. The second-order valence-corrected chi connectivity index (χ2v) is 12.9. The molecule has 2 aliphatic rings. The van der Waals surface area contributed by atoms with Crippen LogP contribution in [0.1, 0.15) is 29.2 Å². The van der Waals surface area contributed by atoms with Crippen molar-refractivity contribution in [3.8, 4) is 27.9 Å². The Morgan fingerprint density at radius 1 is 0.438 bits per heavy atom. The van der Waals surface area contributed by atoms with Gasteiger partial charge >= 0.3 is 0 Å². The van der Waals surface area contributed by atoms with Gasteiger partial charge in [0.15, 0.2) is 0 Å². The largest absolute Gasteiger partial charge is 0.332 e. The molecule has 8 aromatic rings. The lowest BCUT2D eigenvalue weighted by atomic mass is 9.87. The average molecular weight is 613 g/mol. The van der Waals surface area contributed by atoms with E-state index in [0.29, 0.717) is 0 Å². The summed E-state index contributed by atoms with van der Waals surface area (Å²) in [6.07, 6.45) is 0.922. The third kappa shape index (κ3) is 3.99. The molecule has 7 aromatic carbocycles. The number of rotatable bonds is 4. The van der Waals surface area contributed by atoms with Crippen LogP contribution < -0.4 is 4.90 Å². The topological polar surface area (TPSA) is 8.17 Å². The van der Waals surface area contributed by atoms with Crippen LogP contribution in [0.4, 0.5) is 5.69 Å². The highest BCUT2D eigenvalue weighted by Crippen LogP contribution is 2.59. The highest BCUT2D eigenvalue weighted by molar-refractivity contribution is 6.23. The first-order valence-corrected chi connectivity index (χ1v) is 16.8. The Morgan fingerprint density at radius 2 is 1.04 bits per heavy atom. The van der Waals surface area contributed by atoms with Crippen LogP contribution >= 0.6 is 0 Å². The van der Waals surface area contributed by atoms with Gasteiger partial charge in [-0.1, -0.05) is 152 Å². The van der Waals surface area contributed by atoms with E-state index < -0.39 is 0 Å². The highest BCUT2D eigenvalue weighted by Gasteiger charge is 2.41. The molecule has 0 saturated heterocycles. The van der Waals surface area contributed by atoms with Gasteiger partial charge in [-0.2, -0.15) is 0 Å². The van der Waals surface area contributed by atoms with Crippen LogP contribution in [0.25, 0.3) is 61.0 Å². The van der Waals surface area contributed by atoms with Crippen molar-refractivity contribution in [1.29, 1.82) is 0 Å². The third-order valence-corrected chi connectivity index (χ3v) is 10.3. The van der Waals surface area contributed by atoms with Crippen LogP contribution in [0.5, 0.6) is 0 Å². The zero-order chi connectivity index (χ0) is 31.6. The van der Waals surface area contributed by atoms with Gasteiger partial charge in [0, 0.05) is 27.6 Å². The summed E-state index contributed by atoms with van der Waals surface area (Å²) in [7, 11) is 0. The minimum absolute atomic E-state index is 0.154. The Morgan fingerprint density at radius 3 is 1.81 bits per heavy atom. The van der Waals surface area contributed by atoms with Crippen molar-refractivity contribution in [2.24, 2.45) is 0 Å². The number of anilines is 1. The lowest BCUT2D eigenvalue weighted by Gasteiger charge is -2.37. The Labute approximate surface area is 280 Å². The summed E-state index contributed by atoms with van der Waals surface area (Å²) in [4.78, 5) is 2.69. The Balaban J connectivity index is 1.29. The molecule has 2 aliphatic heterocycles. The molecule has 0 saturated carbocycles. The standard InChI is InChI=1S/C46H32N2/c1-4-14-31(15-5-1)32-24-26-33(27-25-32)40-30-43(34-16-6-2-7-17-34)48-45(40)37-21-11-10-20-36(37)38-28-29-42-44(46(38)48)39-22-12-13-23-41(39)47(42)35-18-8-3-9-19-35/h1-29,43H,30H2. The molecule has 3 heterocycles. The van der Waals surface area contributed by atoms with E-state index in [1.807, 2.05) is 0 Å². The van der Waals surface area contributed by atoms with Gasteiger partial charge in [0.05, 0.1) is 28.5 Å². The van der Waals surface area contributed by atoms with Crippen molar-refractivity contribution in [2.45, 2.75) is 12.5 Å². The molecule has 48 heavy (non-hydrogen) atoms. The van der Waals surface area contributed by atoms with E-state index in [2.05, 4.69) is 185 Å². The van der Waals surface area contributed by atoms with Crippen LogP contribution in [-0.2, 0) is 0 Å². The normalized spacial score (nSPS) is 15.1. The monoisotopic (exact) mass is 612 g/mol. The molecule has 0 radical (unpaired) electrons. The maximum absolute atomic E-state index is 2.69. The predicted molar refractivity (Wildman–Crippen MR) is 201 cm³/mol. The van der Waals surface area contributed by atoms with Gasteiger partial charge in [0.2, 0.25) is 0 Å². The number of hydrogen-bond acceptors (Lipinski definition) is 1. The second kappa shape index (κ2) is 10.7. The van der Waals surface area contributed by atoms with Crippen LogP contribution in [0.15, 0.2) is 176 Å². The van der Waals surface area contributed by atoms with Crippen LogP contribution in [-0.4, -0.2) is 4.57 Å². The third-order valence-electron chi connectivity index (χ3n) is 10.3. The molecular formula is C46H32N2. The molecule has 0 bridgehead atoms. The zero-order valence-corrected chi connectivity index (χ0v) is 26.4. The molecule has 0 N–H and O–H groups in total. The van der Waals surface area contributed by atoms with Gasteiger partial charge in [-0.15, -0.1) is 0 Å². The van der Waals surface area contributed by atoms with Crippen LogP contribution in [0.3, 0.4) is 0 Å². The fourth-order valence-electron chi connectivity index (χ4n) is 8.22. The van der Waals surface area contributed by atoms with E-state index in [0.717, 1.165) is 6.42 Å². The van der Waals surface area contributed by atoms with E-state index in [-0.39, 0.29) is 6.04 Å². The van der Waals surface area contributed by atoms with Gasteiger partial charge < -0.3 is 9.47 Å². The highest BCUT2D eigenvalue weighted by atomic mass is 15.2. The van der Waals surface area contributed by atoms with Crippen molar-refractivity contribution >= 4 is 38.8 Å². The van der Waals surface area contributed by atoms with Crippen LogP contribution in [0, 0.1) is 0 Å². The minimum Gasteiger partial charge on any atom is -0.332 e. The van der Waals surface area contributed by atoms with Gasteiger partial charge in [-0.25, -0.2) is 0 Å². The van der Waals surface area contributed by atoms with Crippen molar-refractivity contribution in [3.05, 3.63) is 193 Å². The number of nitrogens with zero attached hydrogens (tertiary/aromatic N) is 2. The number of fused-ring (bicyclic) bond motifs is 10. The Bertz CT molecular complexity index is 2510. The maximum atomic E-state index is 2.69. The zero-order valence-electron chi connectivity index (χ0n) is 26.4. The van der Waals surface area contributed by atoms with Gasteiger partial charge in [-0.05, 0) is 64.1 Å². The van der Waals surface area contributed by atoms with Crippen molar-refractivity contribution < 1.29 is 0 Å². The quantitative estimate of drug-likeness (QED) is 0.192. The maximum Gasteiger partial charge on any atom is 0.0633 e. The molecule has 1 atom stereocenters. The van der Waals surface area contributed by atoms with E-state index in [1.54, 1.807) is 0 Å². The minimum atomic E-state index is 0.154. The number of hydrogen-bond donors (Lipinski definition) is 0. The summed E-state index contributed by atoms with van der Waals surface area (Å²) in [6.45, 7) is 0. The summed E-state index contributed by atoms with van der Waals surface area (Å²) in [6, 6.07) is 64.6. The fraction of sp³-hybridized carbons (Fsp3) is 0.0435. The van der Waals surface area contributed by atoms with Gasteiger partial charge in [0.1, 0.15) is 0 Å². The summed E-state index contributed by atoms with van der Waals surface area (Å²) in [5.41, 5.74) is 16.6. The van der Waals surface area contributed by atoms with Crippen molar-refractivity contribution in [3.63, 3.8) is 0 Å². The number of aromatic nitrogens is 1. The second-order valence-electron chi connectivity index (χ2n) is 12.9. The Kier molecular flexibility index (Phi) is 6.04. The number of benzene rings is 7. The average Bonchev–Trinajstić information content (AvgIpc) is 3.73. The van der Waals surface area contributed by atoms with Gasteiger partial charge in [0.25, 0.3) is 0 Å². The molecule has 10 rings (SSSR count). The van der Waals surface area contributed by atoms with E-state index in [1.165, 1.54) is 83.4 Å². The SMILES string of the molecule is c1ccc(-c2ccc(C3=C4c5ccccc5-c5ccc6c(c5N4C(c4ccccc4)C3)c3ccccc3n6-c3ccccc3)cc2)cc1. The van der Waals surface area contributed by atoms with Crippen molar-refractivity contribution in [1.82, 2.24) is 4.57 Å². The Hall–Kier alpha value is -6.12. The number of para-hydroxylation sites is 2. The molecule has 0 amide bonds. The van der Waals surface area contributed by atoms with Gasteiger partial charge in [-0.3, -0.25) is 0 Å². The van der Waals surface area contributed by atoms with E-state index >= 15 is 0 Å². The molecule has 1 unspecified atom stereocenters. The summed E-state index contributed by atoms with van der Waals surface area (Å²) in [5.74, 6) is 0. The first-order valence-electron chi connectivity index (χ1n) is 16.8. The molecular weight excluding hydrogens is 581 g/mol. The molecule has 1 aromatic heterocycles. The molecule has 0 aliphatic carbocycles.